The predicted octanol–water partition coefficient (Wildman–Crippen LogP) is 3.69. The fourth-order valence-electron chi connectivity index (χ4n) is 2.83. The smallest absolute Gasteiger partial charge is 0.214 e. The Hall–Kier alpha value is -3.28. The maximum absolute atomic E-state index is 13.2. The Kier molecular flexibility index (Phi) is 3.85. The van der Waals surface area contributed by atoms with Crippen LogP contribution in [0.3, 0.4) is 0 Å². The topological polar surface area (TPSA) is 52.8 Å². The zero-order valence-electron chi connectivity index (χ0n) is 13.6. The fraction of sp³-hybridized carbons (Fsp3) is 0.105. The van der Waals surface area contributed by atoms with Gasteiger partial charge in [0.05, 0.1) is 25.4 Å². The molecule has 2 aromatic heterocycles. The number of fused-ring (bicyclic) bond motifs is 1. The highest BCUT2D eigenvalue weighted by Crippen LogP contribution is 2.31. The van der Waals surface area contributed by atoms with Gasteiger partial charge in [0.25, 0.3) is 0 Å². The number of halogens is 1. The Labute approximate surface area is 143 Å². The first-order valence-electron chi connectivity index (χ1n) is 7.80. The average Bonchev–Trinajstić information content (AvgIpc) is 3.14. The van der Waals surface area contributed by atoms with E-state index in [1.54, 1.807) is 30.1 Å². The third kappa shape index (κ3) is 3.06. The van der Waals surface area contributed by atoms with Crippen LogP contribution < -0.4 is 4.74 Å². The third-order valence-corrected chi connectivity index (χ3v) is 4.03. The number of methoxy groups -OCH3 is 1. The van der Waals surface area contributed by atoms with Gasteiger partial charge in [0, 0.05) is 17.6 Å². The highest BCUT2D eigenvalue weighted by Gasteiger charge is 2.10. The number of ether oxygens (including phenoxy) is 1. The van der Waals surface area contributed by atoms with Gasteiger partial charge in [0.1, 0.15) is 5.82 Å². The second-order valence-corrected chi connectivity index (χ2v) is 5.67. The molecule has 0 aliphatic rings. The van der Waals surface area contributed by atoms with Gasteiger partial charge < -0.3 is 4.74 Å². The molecule has 0 spiro atoms. The van der Waals surface area contributed by atoms with Crippen LogP contribution in [0.15, 0.2) is 60.9 Å². The van der Waals surface area contributed by atoms with Crippen molar-refractivity contribution in [3.63, 3.8) is 0 Å². The number of hydrogen-bond donors (Lipinski definition) is 0. The van der Waals surface area contributed by atoms with Gasteiger partial charge in [0.2, 0.25) is 5.88 Å². The van der Waals surface area contributed by atoms with E-state index >= 15 is 0 Å². The van der Waals surface area contributed by atoms with Crippen molar-refractivity contribution in [2.75, 3.05) is 7.11 Å². The fourth-order valence-corrected chi connectivity index (χ4v) is 2.83. The molecule has 4 aromatic rings. The van der Waals surface area contributed by atoms with E-state index in [2.05, 4.69) is 15.3 Å². The molecule has 0 unspecified atom stereocenters. The highest BCUT2D eigenvalue weighted by atomic mass is 19.1. The van der Waals surface area contributed by atoms with Gasteiger partial charge in [0.15, 0.2) is 0 Å². The first-order valence-corrected chi connectivity index (χ1v) is 7.80. The summed E-state index contributed by atoms with van der Waals surface area (Å²) in [7, 11) is 1.59. The Balaban J connectivity index is 1.83. The van der Waals surface area contributed by atoms with Crippen LogP contribution in [0.2, 0.25) is 0 Å². The molecule has 0 aliphatic heterocycles. The molecule has 5 nitrogen and oxygen atoms in total. The Bertz CT molecular complexity index is 1010. The molecule has 4 rings (SSSR count). The molecule has 0 atom stereocenters. The van der Waals surface area contributed by atoms with Crippen molar-refractivity contribution in [2.45, 2.75) is 6.54 Å². The van der Waals surface area contributed by atoms with Crippen molar-refractivity contribution in [2.24, 2.45) is 0 Å². The van der Waals surface area contributed by atoms with Crippen LogP contribution in [0.4, 0.5) is 4.39 Å². The summed E-state index contributed by atoms with van der Waals surface area (Å²) in [5, 5.41) is 8.78. The van der Waals surface area contributed by atoms with Crippen molar-refractivity contribution < 1.29 is 9.13 Å². The molecule has 124 valence electrons. The molecule has 0 aliphatic carbocycles. The summed E-state index contributed by atoms with van der Waals surface area (Å²) in [5.74, 6) is 0.258. The van der Waals surface area contributed by atoms with Gasteiger partial charge in [-0.2, -0.15) is 0 Å². The molecule has 0 bridgehead atoms. The average molecular weight is 334 g/mol. The van der Waals surface area contributed by atoms with Crippen LogP contribution in [-0.4, -0.2) is 27.1 Å². The maximum atomic E-state index is 13.2. The van der Waals surface area contributed by atoms with Gasteiger partial charge in [-0.3, -0.25) is 0 Å². The molecule has 0 saturated heterocycles. The molecule has 2 aromatic carbocycles. The molecule has 0 N–H and O–H groups in total. The number of benzene rings is 2. The maximum Gasteiger partial charge on any atom is 0.214 e. The zero-order chi connectivity index (χ0) is 17.2. The number of hydrogen-bond acceptors (Lipinski definition) is 4. The largest absolute Gasteiger partial charge is 0.481 e. The predicted molar refractivity (Wildman–Crippen MR) is 92.8 cm³/mol. The molecule has 0 fully saturated rings. The lowest BCUT2D eigenvalue weighted by atomic mass is 10.00. The molecular formula is C19H15FN4O. The minimum absolute atomic E-state index is 0.260. The first-order chi connectivity index (χ1) is 12.2. The summed E-state index contributed by atoms with van der Waals surface area (Å²) in [6, 6.07) is 14.3. The minimum Gasteiger partial charge on any atom is -0.481 e. The van der Waals surface area contributed by atoms with E-state index in [9.17, 15) is 4.39 Å². The molecule has 0 radical (unpaired) electrons. The summed E-state index contributed by atoms with van der Waals surface area (Å²) >= 11 is 0. The standard InChI is InChI=1S/C19H15FN4O/c1-25-19-11-17(14-3-5-15(20)6-4-14)16-7-2-13(10-18(16)22-19)12-24-9-8-21-23-24/h2-11H,12H2,1H3. The van der Waals surface area contributed by atoms with E-state index in [1.807, 2.05) is 30.5 Å². The van der Waals surface area contributed by atoms with Crippen LogP contribution >= 0.6 is 0 Å². The SMILES string of the molecule is COc1cc(-c2ccc(F)cc2)c2ccc(Cn3ccnn3)cc2n1. The van der Waals surface area contributed by atoms with E-state index < -0.39 is 0 Å². The van der Waals surface area contributed by atoms with Crippen molar-refractivity contribution >= 4 is 10.9 Å². The lowest BCUT2D eigenvalue weighted by Crippen LogP contribution is -2.01. The minimum atomic E-state index is -0.260. The molecule has 6 heteroatoms. The summed E-state index contributed by atoms with van der Waals surface area (Å²) in [4.78, 5) is 4.55. The van der Waals surface area contributed by atoms with E-state index in [-0.39, 0.29) is 5.82 Å². The second-order valence-electron chi connectivity index (χ2n) is 5.67. The first kappa shape index (κ1) is 15.3. The Morgan fingerprint density at radius 1 is 1.08 bits per heavy atom. The van der Waals surface area contributed by atoms with Crippen LogP contribution in [0.1, 0.15) is 5.56 Å². The van der Waals surface area contributed by atoms with E-state index in [0.29, 0.717) is 12.4 Å². The summed E-state index contributed by atoms with van der Waals surface area (Å²) < 4.78 is 20.3. The summed E-state index contributed by atoms with van der Waals surface area (Å²) in [6.45, 7) is 0.612. The van der Waals surface area contributed by atoms with Gasteiger partial charge in [-0.25, -0.2) is 14.1 Å². The number of pyridine rings is 1. The summed E-state index contributed by atoms with van der Waals surface area (Å²) in [6.07, 6.45) is 3.46. The molecular weight excluding hydrogens is 319 g/mol. The van der Waals surface area contributed by atoms with Crippen molar-refractivity contribution in [3.8, 4) is 17.0 Å². The van der Waals surface area contributed by atoms with Crippen LogP contribution in [0.25, 0.3) is 22.0 Å². The van der Waals surface area contributed by atoms with Crippen molar-refractivity contribution in [1.82, 2.24) is 20.0 Å². The Morgan fingerprint density at radius 3 is 2.64 bits per heavy atom. The molecule has 0 amide bonds. The second kappa shape index (κ2) is 6.32. The van der Waals surface area contributed by atoms with E-state index in [4.69, 9.17) is 4.74 Å². The molecule has 25 heavy (non-hydrogen) atoms. The number of rotatable bonds is 4. The van der Waals surface area contributed by atoms with Gasteiger partial charge in [-0.1, -0.05) is 29.5 Å². The van der Waals surface area contributed by atoms with E-state index in [1.165, 1.54) is 12.1 Å². The lowest BCUT2D eigenvalue weighted by Gasteiger charge is -2.11. The van der Waals surface area contributed by atoms with Gasteiger partial charge in [-0.15, -0.1) is 5.10 Å². The van der Waals surface area contributed by atoms with Crippen LogP contribution in [0.5, 0.6) is 5.88 Å². The number of nitrogens with zero attached hydrogens (tertiary/aromatic N) is 4. The highest BCUT2D eigenvalue weighted by molar-refractivity contribution is 5.95. The number of aromatic nitrogens is 4. The lowest BCUT2D eigenvalue weighted by molar-refractivity contribution is 0.400. The molecule has 0 saturated carbocycles. The molecule has 2 heterocycles. The van der Waals surface area contributed by atoms with Crippen LogP contribution in [-0.2, 0) is 6.54 Å². The van der Waals surface area contributed by atoms with Crippen LogP contribution in [0, 0.1) is 5.82 Å². The van der Waals surface area contributed by atoms with Gasteiger partial charge in [-0.05, 0) is 34.9 Å². The quantitative estimate of drug-likeness (QED) is 0.571. The Morgan fingerprint density at radius 2 is 1.92 bits per heavy atom. The normalized spacial score (nSPS) is 11.0. The van der Waals surface area contributed by atoms with E-state index in [0.717, 1.165) is 27.6 Å². The van der Waals surface area contributed by atoms with Crippen molar-refractivity contribution in [3.05, 3.63) is 72.3 Å². The third-order valence-electron chi connectivity index (χ3n) is 4.03. The monoisotopic (exact) mass is 334 g/mol. The van der Waals surface area contributed by atoms with Gasteiger partial charge >= 0.3 is 0 Å². The van der Waals surface area contributed by atoms with Crippen molar-refractivity contribution in [1.29, 1.82) is 0 Å². The zero-order valence-corrected chi connectivity index (χ0v) is 13.6. The summed E-state index contributed by atoms with van der Waals surface area (Å²) in [5.41, 5.74) is 3.74.